The standard InChI is InChI=1S/C24H22N2/c1-18(25)17-24(23-11-7-4-8-12-23)26-19(2)20-13-15-22(16-14-20)21-9-5-3-6-10-21/h3-17,25H,1-2H3/b24-17-,25-18?,26-19?. The van der Waals surface area contributed by atoms with E-state index in [0.29, 0.717) is 5.71 Å². The van der Waals surface area contributed by atoms with Gasteiger partial charge in [-0.1, -0.05) is 84.9 Å². The molecule has 0 saturated carbocycles. The van der Waals surface area contributed by atoms with Crippen LogP contribution in [0, 0.1) is 5.41 Å². The Bertz CT molecular complexity index is 935. The molecule has 0 aliphatic carbocycles. The van der Waals surface area contributed by atoms with Gasteiger partial charge in [-0.25, -0.2) is 0 Å². The van der Waals surface area contributed by atoms with Gasteiger partial charge in [0, 0.05) is 17.0 Å². The van der Waals surface area contributed by atoms with Crippen molar-refractivity contribution >= 4 is 17.1 Å². The number of nitrogens with zero attached hydrogens (tertiary/aromatic N) is 1. The summed E-state index contributed by atoms with van der Waals surface area (Å²) in [7, 11) is 0. The molecule has 0 aromatic heterocycles. The average Bonchev–Trinajstić information content (AvgIpc) is 2.68. The third kappa shape index (κ3) is 4.42. The zero-order valence-electron chi connectivity index (χ0n) is 15.1. The van der Waals surface area contributed by atoms with Crippen LogP contribution in [-0.2, 0) is 0 Å². The summed E-state index contributed by atoms with van der Waals surface area (Å²) >= 11 is 0. The second-order valence-corrected chi connectivity index (χ2v) is 6.22. The normalized spacial score (nSPS) is 12.1. The van der Waals surface area contributed by atoms with Gasteiger partial charge in [-0.3, -0.25) is 4.99 Å². The number of hydrogen-bond donors (Lipinski definition) is 1. The number of benzene rings is 3. The number of rotatable bonds is 5. The topological polar surface area (TPSA) is 36.2 Å². The highest BCUT2D eigenvalue weighted by Crippen LogP contribution is 2.21. The van der Waals surface area contributed by atoms with Gasteiger partial charge in [0.05, 0.1) is 5.70 Å². The van der Waals surface area contributed by atoms with Gasteiger partial charge in [0.2, 0.25) is 0 Å². The summed E-state index contributed by atoms with van der Waals surface area (Å²) in [4.78, 5) is 4.80. The van der Waals surface area contributed by atoms with Crippen LogP contribution < -0.4 is 0 Å². The third-order valence-electron chi connectivity index (χ3n) is 4.12. The van der Waals surface area contributed by atoms with Crippen LogP contribution in [0.25, 0.3) is 16.8 Å². The molecular formula is C24H22N2. The zero-order valence-corrected chi connectivity index (χ0v) is 15.1. The predicted molar refractivity (Wildman–Crippen MR) is 112 cm³/mol. The number of allylic oxidation sites excluding steroid dienone is 1. The minimum absolute atomic E-state index is 0.486. The lowest BCUT2D eigenvalue weighted by Crippen LogP contribution is -1.97. The molecule has 0 aliphatic rings. The van der Waals surface area contributed by atoms with Gasteiger partial charge >= 0.3 is 0 Å². The smallest absolute Gasteiger partial charge is 0.0723 e. The molecule has 3 aromatic rings. The van der Waals surface area contributed by atoms with E-state index in [0.717, 1.165) is 22.5 Å². The first-order valence-corrected chi connectivity index (χ1v) is 8.67. The molecule has 0 unspecified atom stereocenters. The summed E-state index contributed by atoms with van der Waals surface area (Å²) in [6.07, 6.45) is 1.80. The van der Waals surface area contributed by atoms with Crippen molar-refractivity contribution in [3.63, 3.8) is 0 Å². The van der Waals surface area contributed by atoms with E-state index in [2.05, 4.69) is 36.4 Å². The predicted octanol–water partition coefficient (Wildman–Crippen LogP) is 6.24. The molecule has 26 heavy (non-hydrogen) atoms. The van der Waals surface area contributed by atoms with Crippen molar-refractivity contribution in [1.82, 2.24) is 0 Å². The van der Waals surface area contributed by atoms with Crippen LogP contribution in [0.4, 0.5) is 0 Å². The molecule has 0 spiro atoms. The Hall–Kier alpha value is -3.26. The largest absolute Gasteiger partial charge is 0.306 e. The van der Waals surface area contributed by atoms with Crippen LogP contribution in [0.3, 0.4) is 0 Å². The maximum Gasteiger partial charge on any atom is 0.0723 e. The van der Waals surface area contributed by atoms with Crippen LogP contribution in [0.1, 0.15) is 25.0 Å². The second kappa shape index (κ2) is 8.21. The number of hydrogen-bond acceptors (Lipinski definition) is 2. The summed E-state index contributed by atoms with van der Waals surface area (Å²) in [6, 6.07) is 28.8. The van der Waals surface area contributed by atoms with Crippen molar-refractivity contribution in [2.75, 3.05) is 0 Å². The van der Waals surface area contributed by atoms with Crippen LogP contribution in [0.2, 0.25) is 0 Å². The molecule has 3 rings (SSSR count). The molecule has 2 heteroatoms. The fourth-order valence-corrected chi connectivity index (χ4v) is 2.77. The van der Waals surface area contributed by atoms with Gasteiger partial charge in [-0.05, 0) is 36.6 Å². The molecule has 0 heterocycles. The summed E-state index contributed by atoms with van der Waals surface area (Å²) in [6.45, 7) is 3.77. The molecule has 3 aromatic carbocycles. The summed E-state index contributed by atoms with van der Waals surface area (Å²) in [5.74, 6) is 0. The van der Waals surface area contributed by atoms with Gasteiger partial charge in [-0.2, -0.15) is 0 Å². The van der Waals surface area contributed by atoms with Crippen molar-refractivity contribution in [3.05, 3.63) is 102 Å². The monoisotopic (exact) mass is 338 g/mol. The fraction of sp³-hybridized carbons (Fsp3) is 0.0833. The van der Waals surface area contributed by atoms with Crippen molar-refractivity contribution in [3.8, 4) is 11.1 Å². The molecule has 1 N–H and O–H groups in total. The van der Waals surface area contributed by atoms with Crippen molar-refractivity contribution in [2.45, 2.75) is 13.8 Å². The lowest BCUT2D eigenvalue weighted by atomic mass is 10.0. The molecular weight excluding hydrogens is 316 g/mol. The lowest BCUT2D eigenvalue weighted by Gasteiger charge is -2.07. The Balaban J connectivity index is 1.91. The molecule has 0 radical (unpaired) electrons. The summed E-state index contributed by atoms with van der Waals surface area (Å²) < 4.78 is 0. The van der Waals surface area contributed by atoms with Crippen LogP contribution in [-0.4, -0.2) is 11.4 Å². The highest BCUT2D eigenvalue weighted by molar-refractivity contribution is 6.04. The molecule has 0 fully saturated rings. The lowest BCUT2D eigenvalue weighted by molar-refractivity contribution is 1.45. The highest BCUT2D eigenvalue weighted by Gasteiger charge is 2.04. The first-order valence-electron chi connectivity index (χ1n) is 8.67. The Morgan fingerprint density at radius 3 is 1.81 bits per heavy atom. The Labute approximate surface area is 155 Å². The molecule has 2 nitrogen and oxygen atoms in total. The minimum atomic E-state index is 0.486. The average molecular weight is 338 g/mol. The van der Waals surface area contributed by atoms with E-state index in [-0.39, 0.29) is 0 Å². The van der Waals surface area contributed by atoms with E-state index in [1.807, 2.05) is 55.5 Å². The highest BCUT2D eigenvalue weighted by atomic mass is 14.8. The molecule has 128 valence electrons. The molecule has 0 aliphatic heterocycles. The van der Waals surface area contributed by atoms with Gasteiger partial charge in [0.25, 0.3) is 0 Å². The van der Waals surface area contributed by atoms with Crippen molar-refractivity contribution in [2.24, 2.45) is 4.99 Å². The van der Waals surface area contributed by atoms with E-state index in [1.54, 1.807) is 13.0 Å². The Kier molecular flexibility index (Phi) is 5.55. The molecule has 0 saturated heterocycles. The summed E-state index contributed by atoms with van der Waals surface area (Å²) in [5.41, 5.74) is 6.71. The zero-order chi connectivity index (χ0) is 18.4. The Morgan fingerprint density at radius 1 is 0.692 bits per heavy atom. The number of aliphatic imine (C=N–C) groups is 1. The van der Waals surface area contributed by atoms with Crippen molar-refractivity contribution < 1.29 is 0 Å². The third-order valence-corrected chi connectivity index (χ3v) is 4.12. The van der Waals surface area contributed by atoms with E-state index < -0.39 is 0 Å². The maximum absolute atomic E-state index is 7.80. The fourth-order valence-electron chi connectivity index (χ4n) is 2.77. The van der Waals surface area contributed by atoms with Crippen LogP contribution in [0.15, 0.2) is 96.0 Å². The quantitative estimate of drug-likeness (QED) is 0.534. The van der Waals surface area contributed by atoms with Crippen molar-refractivity contribution in [1.29, 1.82) is 5.41 Å². The summed E-state index contributed by atoms with van der Waals surface area (Å²) in [5, 5.41) is 7.80. The van der Waals surface area contributed by atoms with Gasteiger partial charge in [0.15, 0.2) is 0 Å². The van der Waals surface area contributed by atoms with Gasteiger partial charge in [0.1, 0.15) is 0 Å². The second-order valence-electron chi connectivity index (χ2n) is 6.22. The van der Waals surface area contributed by atoms with Gasteiger partial charge in [-0.15, -0.1) is 0 Å². The first-order chi connectivity index (χ1) is 12.6. The van der Waals surface area contributed by atoms with E-state index in [1.165, 1.54) is 11.1 Å². The first kappa shape index (κ1) is 17.6. The Morgan fingerprint density at radius 2 is 1.23 bits per heavy atom. The van der Waals surface area contributed by atoms with Crippen LogP contribution >= 0.6 is 0 Å². The molecule has 0 atom stereocenters. The maximum atomic E-state index is 7.80. The molecule has 0 bridgehead atoms. The van der Waals surface area contributed by atoms with E-state index in [9.17, 15) is 0 Å². The van der Waals surface area contributed by atoms with E-state index in [4.69, 9.17) is 10.4 Å². The van der Waals surface area contributed by atoms with E-state index >= 15 is 0 Å². The SMILES string of the molecule is CC(=N)/C=C(\N=C(C)c1ccc(-c2ccccc2)cc1)c1ccccc1. The van der Waals surface area contributed by atoms with Gasteiger partial charge < -0.3 is 5.41 Å². The minimum Gasteiger partial charge on any atom is -0.306 e. The van der Waals surface area contributed by atoms with Crippen LogP contribution in [0.5, 0.6) is 0 Å². The molecule has 0 amide bonds. The number of nitrogens with one attached hydrogen (secondary N) is 1.